The summed E-state index contributed by atoms with van der Waals surface area (Å²) in [5.41, 5.74) is 1.78. The fraction of sp³-hybridized carbons (Fsp3) is 0.310. The van der Waals surface area contributed by atoms with E-state index in [4.69, 9.17) is 4.74 Å². The Morgan fingerprint density at radius 1 is 1.04 bits per heavy atom. The van der Waals surface area contributed by atoms with E-state index >= 15 is 4.11 Å². The van der Waals surface area contributed by atoms with E-state index in [1.54, 1.807) is 31.2 Å². The van der Waals surface area contributed by atoms with E-state index in [1.807, 2.05) is 60.8 Å². The standard InChI is InChI=1S/C42H44FN5O7Si/c1-27-40(56(2,3)43)37(23-39(51)46(19-20-49)25-28-9-5-4-6-10-28)55-42(27)34-22-32(48(53)54)17-18-36(34)47(41(42)52)26-29-13-15-31(16-14-29)45-38(50)21-30-24-44-35-12-8-7-11-33(30)35/h4-18,22,24,27,37,40,44,49H,19-21,23,25-26H2,1-3H3,(H,45,50)/t27-,37+,40-,42+/m0/s1. The highest BCUT2D eigenvalue weighted by atomic mass is 28.4. The van der Waals surface area contributed by atoms with Gasteiger partial charge >= 0.3 is 0 Å². The van der Waals surface area contributed by atoms with Crippen molar-refractivity contribution in [1.82, 2.24) is 9.88 Å². The van der Waals surface area contributed by atoms with Crippen LogP contribution in [0.1, 0.15) is 35.6 Å². The molecule has 4 aromatic carbocycles. The van der Waals surface area contributed by atoms with Gasteiger partial charge in [-0.15, -0.1) is 0 Å². The molecule has 1 saturated heterocycles. The van der Waals surface area contributed by atoms with Gasteiger partial charge in [0.15, 0.2) is 5.60 Å². The van der Waals surface area contributed by atoms with Crippen LogP contribution in [0.25, 0.3) is 10.9 Å². The normalized spacial score (nSPS) is 20.4. The highest BCUT2D eigenvalue weighted by Crippen LogP contribution is 2.60. The molecule has 7 rings (SSSR count). The van der Waals surface area contributed by atoms with Crippen molar-refractivity contribution >= 4 is 54.1 Å². The molecular weight excluding hydrogens is 734 g/mol. The number of non-ortho nitro benzene ring substituents is 1. The first-order valence-corrected chi connectivity index (χ1v) is 21.6. The third kappa shape index (κ3) is 7.34. The lowest BCUT2D eigenvalue weighted by Crippen LogP contribution is -2.45. The first-order valence-electron chi connectivity index (χ1n) is 18.6. The van der Waals surface area contributed by atoms with Gasteiger partial charge in [-0.05, 0) is 54.0 Å². The fourth-order valence-electron chi connectivity index (χ4n) is 8.56. The molecule has 5 aromatic rings. The number of aromatic amines is 1. The number of anilines is 2. The van der Waals surface area contributed by atoms with E-state index in [9.17, 15) is 29.6 Å². The Kier molecular flexibility index (Phi) is 10.6. The number of halogens is 1. The molecule has 12 nitrogen and oxygen atoms in total. The Morgan fingerprint density at radius 3 is 2.45 bits per heavy atom. The molecule has 0 aliphatic carbocycles. The van der Waals surface area contributed by atoms with Gasteiger partial charge in [-0.25, -0.2) is 0 Å². The number of carbonyl (C=O) groups is 3. The van der Waals surface area contributed by atoms with Crippen LogP contribution < -0.4 is 10.2 Å². The Bertz CT molecular complexity index is 2280. The van der Waals surface area contributed by atoms with Crippen LogP contribution in [0.2, 0.25) is 18.6 Å². The van der Waals surface area contributed by atoms with E-state index in [-0.39, 0.29) is 62.1 Å². The number of carbonyl (C=O) groups excluding carboxylic acids is 3. The number of rotatable bonds is 13. The summed E-state index contributed by atoms with van der Waals surface area (Å²) in [5.74, 6) is -1.83. The number of aliphatic hydroxyl groups is 1. The molecule has 0 unspecified atom stereocenters. The smallest absolute Gasteiger partial charge is 0.269 e. The van der Waals surface area contributed by atoms with Crippen LogP contribution in [0.3, 0.4) is 0 Å². The maximum Gasteiger partial charge on any atom is 0.269 e. The predicted octanol–water partition coefficient (Wildman–Crippen LogP) is 6.99. The quantitative estimate of drug-likeness (QED) is 0.0503. The van der Waals surface area contributed by atoms with Crippen LogP contribution >= 0.6 is 0 Å². The number of nitro groups is 1. The molecule has 290 valence electrons. The van der Waals surface area contributed by atoms with Gasteiger partial charge in [0.2, 0.25) is 20.2 Å². The monoisotopic (exact) mass is 777 g/mol. The van der Waals surface area contributed by atoms with E-state index in [0.717, 1.165) is 22.0 Å². The summed E-state index contributed by atoms with van der Waals surface area (Å²) in [6, 6.07) is 28.3. The molecular formula is C42H44FN5O7Si. The number of aromatic nitrogens is 1. The number of para-hydroxylation sites is 1. The van der Waals surface area contributed by atoms with Gasteiger partial charge in [0.1, 0.15) is 0 Å². The van der Waals surface area contributed by atoms with Crippen molar-refractivity contribution < 1.29 is 33.3 Å². The van der Waals surface area contributed by atoms with Crippen LogP contribution in [0.5, 0.6) is 0 Å². The highest BCUT2D eigenvalue weighted by molar-refractivity contribution is 6.72. The van der Waals surface area contributed by atoms with E-state index in [2.05, 4.69) is 10.3 Å². The molecule has 1 fully saturated rings. The molecule has 14 heteroatoms. The zero-order valence-corrected chi connectivity index (χ0v) is 32.4. The summed E-state index contributed by atoms with van der Waals surface area (Å²) < 4.78 is 23.2. The van der Waals surface area contributed by atoms with Crippen LogP contribution in [0.15, 0.2) is 103 Å². The molecule has 0 radical (unpaired) electrons. The van der Waals surface area contributed by atoms with E-state index in [0.29, 0.717) is 16.9 Å². The van der Waals surface area contributed by atoms with Crippen LogP contribution in [-0.2, 0) is 44.2 Å². The van der Waals surface area contributed by atoms with Crippen molar-refractivity contribution in [2.24, 2.45) is 5.92 Å². The summed E-state index contributed by atoms with van der Waals surface area (Å²) in [6.45, 7) is 4.85. The predicted molar refractivity (Wildman–Crippen MR) is 213 cm³/mol. The Labute approximate surface area is 324 Å². The van der Waals surface area contributed by atoms with Gasteiger partial charge < -0.3 is 34.1 Å². The molecule has 1 aromatic heterocycles. The zero-order chi connectivity index (χ0) is 39.8. The minimum Gasteiger partial charge on any atom is -0.395 e. The average molecular weight is 778 g/mol. The second-order valence-corrected chi connectivity index (χ2v) is 18.9. The minimum absolute atomic E-state index is 0.0521. The summed E-state index contributed by atoms with van der Waals surface area (Å²) in [7, 11) is -3.66. The van der Waals surface area contributed by atoms with Crippen molar-refractivity contribution in [3.63, 3.8) is 0 Å². The molecule has 0 saturated carbocycles. The number of hydrogen-bond acceptors (Lipinski definition) is 7. The molecule has 56 heavy (non-hydrogen) atoms. The van der Waals surface area contributed by atoms with Crippen molar-refractivity contribution in [2.75, 3.05) is 23.4 Å². The number of nitro benzene ring substituents is 1. The van der Waals surface area contributed by atoms with Gasteiger partial charge in [-0.1, -0.05) is 67.6 Å². The number of fused-ring (bicyclic) bond motifs is 3. The van der Waals surface area contributed by atoms with Gasteiger partial charge in [0, 0.05) is 65.0 Å². The molecule has 4 atom stereocenters. The maximum atomic E-state index is 16.5. The lowest BCUT2D eigenvalue weighted by Gasteiger charge is -2.31. The number of H-pyrrole nitrogens is 1. The molecule has 0 bridgehead atoms. The van der Waals surface area contributed by atoms with Gasteiger partial charge in [-0.3, -0.25) is 24.5 Å². The highest BCUT2D eigenvalue weighted by Gasteiger charge is 2.67. The van der Waals surface area contributed by atoms with E-state index < -0.39 is 42.4 Å². The van der Waals surface area contributed by atoms with Gasteiger partial charge in [0.25, 0.3) is 11.6 Å². The van der Waals surface area contributed by atoms with Gasteiger partial charge in [-0.2, -0.15) is 0 Å². The summed E-state index contributed by atoms with van der Waals surface area (Å²) in [6.07, 6.45) is 0.750. The second kappa shape index (κ2) is 15.4. The van der Waals surface area contributed by atoms with Crippen LogP contribution in [0.4, 0.5) is 21.2 Å². The lowest BCUT2D eigenvalue weighted by molar-refractivity contribution is -0.385. The second-order valence-electron chi connectivity index (χ2n) is 15.1. The SMILES string of the molecule is C[C@H]1[C@H]([Si](C)(C)F)[C@@H](CC(=O)N(CCO)Cc2ccccc2)O[C@]12C(=O)N(Cc1ccc(NC(=O)Cc3c[nH]c4ccccc34)cc1)c1ccc([N+](=O)[O-])cc12. The Balaban J connectivity index is 1.14. The molecule has 2 aliphatic heterocycles. The maximum absolute atomic E-state index is 16.5. The first kappa shape index (κ1) is 38.6. The fourth-order valence-corrected chi connectivity index (χ4v) is 11.0. The van der Waals surface area contributed by atoms with Gasteiger partial charge in [0.05, 0.1) is 42.7 Å². The summed E-state index contributed by atoms with van der Waals surface area (Å²) >= 11 is 0. The number of aliphatic hydroxyl groups excluding tert-OH is 1. The number of nitrogens with zero attached hydrogens (tertiary/aromatic N) is 3. The van der Waals surface area contributed by atoms with Crippen molar-refractivity contribution in [1.29, 1.82) is 0 Å². The van der Waals surface area contributed by atoms with Crippen LogP contribution in [0, 0.1) is 16.0 Å². The Morgan fingerprint density at radius 2 is 1.75 bits per heavy atom. The minimum atomic E-state index is -3.66. The number of ether oxygens (including phenoxy) is 1. The molecule has 3 amide bonds. The first-order chi connectivity index (χ1) is 26.8. The summed E-state index contributed by atoms with van der Waals surface area (Å²) in [4.78, 5) is 59.4. The lowest BCUT2D eigenvalue weighted by atomic mass is 9.82. The molecule has 1 spiro atoms. The zero-order valence-electron chi connectivity index (χ0n) is 31.4. The van der Waals surface area contributed by atoms with E-state index in [1.165, 1.54) is 41.1 Å². The average Bonchev–Trinajstić information content (AvgIpc) is 3.78. The van der Waals surface area contributed by atoms with Crippen LogP contribution in [-0.4, -0.2) is 65.3 Å². The number of nitrogens with one attached hydrogen (secondary N) is 2. The van der Waals surface area contributed by atoms with Crippen molar-refractivity contribution in [2.45, 2.75) is 63.2 Å². The van der Waals surface area contributed by atoms with Crippen molar-refractivity contribution in [3.05, 3.63) is 136 Å². The number of amides is 3. The molecule has 3 heterocycles. The third-order valence-corrected chi connectivity index (χ3v) is 13.5. The number of hydrogen-bond donors (Lipinski definition) is 3. The Hall–Kier alpha value is -5.70. The number of benzene rings is 4. The topological polar surface area (TPSA) is 158 Å². The molecule has 3 N–H and O–H groups in total. The van der Waals surface area contributed by atoms with Crippen molar-refractivity contribution in [3.8, 4) is 0 Å². The summed E-state index contributed by atoms with van der Waals surface area (Å²) in [5, 5.41) is 25.7. The molecule has 2 aliphatic rings. The largest absolute Gasteiger partial charge is 0.395 e. The third-order valence-electron chi connectivity index (χ3n) is 11.1.